The van der Waals surface area contributed by atoms with Crippen LogP contribution < -0.4 is 15.4 Å². The topological polar surface area (TPSA) is 79.6 Å². The summed E-state index contributed by atoms with van der Waals surface area (Å²) in [6, 6.07) is 13.1. The monoisotopic (exact) mass is 436 g/mol. The predicted octanol–water partition coefficient (Wildman–Crippen LogP) is 5.63. The van der Waals surface area contributed by atoms with Crippen LogP contribution in [0, 0.1) is 0 Å². The summed E-state index contributed by atoms with van der Waals surface area (Å²) in [5, 5.41) is 11.5. The van der Waals surface area contributed by atoms with E-state index in [1.54, 1.807) is 6.07 Å². The van der Waals surface area contributed by atoms with E-state index in [0.717, 1.165) is 36.2 Å². The fourth-order valence-corrected chi connectivity index (χ4v) is 3.93. The zero-order valence-corrected chi connectivity index (χ0v) is 19.1. The van der Waals surface area contributed by atoms with Gasteiger partial charge in [-0.05, 0) is 38.1 Å². The molecule has 7 heteroatoms. The normalized spacial score (nSPS) is 15.0. The molecule has 170 valence electrons. The van der Waals surface area contributed by atoms with Gasteiger partial charge in [0.15, 0.2) is 5.82 Å². The average molecular weight is 437 g/mol. The van der Waals surface area contributed by atoms with Gasteiger partial charge in [-0.2, -0.15) is 0 Å². The molecule has 1 saturated heterocycles. The number of fused-ring (bicyclic) bond motifs is 1. The third kappa shape index (κ3) is 5.40. The molecular formula is C25H32N4O3. The SMILES string of the molecule is CC(C)(C)c1cc(NC(=O)Nc2ccc(OCCN3CCCCC3)c3ccccc23)no1. The van der Waals surface area contributed by atoms with Gasteiger partial charge in [0, 0.05) is 28.8 Å². The number of anilines is 2. The number of ether oxygens (including phenoxy) is 1. The van der Waals surface area contributed by atoms with Gasteiger partial charge in [0.25, 0.3) is 0 Å². The Morgan fingerprint density at radius 1 is 1.06 bits per heavy atom. The van der Waals surface area contributed by atoms with Gasteiger partial charge in [-0.1, -0.05) is 56.6 Å². The third-order valence-corrected chi connectivity index (χ3v) is 5.74. The van der Waals surface area contributed by atoms with Crippen molar-refractivity contribution in [3.63, 3.8) is 0 Å². The highest BCUT2D eigenvalue weighted by molar-refractivity contribution is 6.07. The number of nitrogens with zero attached hydrogens (tertiary/aromatic N) is 2. The predicted molar refractivity (Wildman–Crippen MR) is 128 cm³/mol. The first-order chi connectivity index (χ1) is 15.4. The van der Waals surface area contributed by atoms with E-state index >= 15 is 0 Å². The van der Waals surface area contributed by atoms with Gasteiger partial charge in [0.1, 0.15) is 18.1 Å². The maximum atomic E-state index is 12.6. The molecule has 0 spiro atoms. The molecule has 0 saturated carbocycles. The van der Waals surface area contributed by atoms with Crippen molar-refractivity contribution >= 4 is 28.3 Å². The summed E-state index contributed by atoms with van der Waals surface area (Å²) >= 11 is 0. The third-order valence-electron chi connectivity index (χ3n) is 5.74. The molecule has 4 rings (SSSR count). The van der Waals surface area contributed by atoms with Gasteiger partial charge in [-0.15, -0.1) is 0 Å². The Bertz CT molecular complexity index is 1060. The highest BCUT2D eigenvalue weighted by Gasteiger charge is 2.20. The number of carbonyl (C=O) groups is 1. The zero-order valence-electron chi connectivity index (χ0n) is 19.1. The lowest BCUT2D eigenvalue weighted by Gasteiger charge is -2.26. The molecule has 1 aliphatic heterocycles. The maximum absolute atomic E-state index is 12.6. The fraction of sp³-hybridized carbons (Fsp3) is 0.440. The Hall–Kier alpha value is -3.06. The van der Waals surface area contributed by atoms with Gasteiger partial charge >= 0.3 is 6.03 Å². The summed E-state index contributed by atoms with van der Waals surface area (Å²) < 4.78 is 11.5. The van der Waals surface area contributed by atoms with E-state index in [1.165, 1.54) is 19.3 Å². The lowest BCUT2D eigenvalue weighted by Crippen LogP contribution is -2.33. The molecule has 0 unspecified atom stereocenters. The number of piperidine rings is 1. The Labute approximate surface area is 189 Å². The quantitative estimate of drug-likeness (QED) is 0.523. The van der Waals surface area contributed by atoms with Crippen molar-refractivity contribution in [1.82, 2.24) is 10.1 Å². The largest absolute Gasteiger partial charge is 0.492 e. The van der Waals surface area contributed by atoms with Crippen LogP contribution in [-0.4, -0.2) is 42.3 Å². The Kier molecular flexibility index (Phi) is 6.65. The maximum Gasteiger partial charge on any atom is 0.324 e. The highest BCUT2D eigenvalue weighted by Crippen LogP contribution is 2.32. The number of urea groups is 1. The minimum atomic E-state index is -0.373. The molecule has 7 nitrogen and oxygen atoms in total. The van der Waals surface area contributed by atoms with Gasteiger partial charge < -0.3 is 14.6 Å². The van der Waals surface area contributed by atoms with E-state index in [1.807, 2.05) is 57.2 Å². The summed E-state index contributed by atoms with van der Waals surface area (Å²) in [6.07, 6.45) is 3.88. The molecule has 0 radical (unpaired) electrons. The number of aromatic nitrogens is 1. The molecule has 32 heavy (non-hydrogen) atoms. The number of amides is 2. The van der Waals surface area contributed by atoms with Crippen LogP contribution in [0.3, 0.4) is 0 Å². The smallest absolute Gasteiger partial charge is 0.324 e. The first-order valence-electron chi connectivity index (χ1n) is 11.3. The molecular weight excluding hydrogens is 404 g/mol. The van der Waals surface area contributed by atoms with Crippen molar-refractivity contribution in [1.29, 1.82) is 0 Å². The van der Waals surface area contributed by atoms with E-state index < -0.39 is 0 Å². The van der Waals surface area contributed by atoms with E-state index in [9.17, 15) is 4.79 Å². The second kappa shape index (κ2) is 9.61. The van der Waals surface area contributed by atoms with E-state index in [0.29, 0.717) is 23.9 Å². The summed E-state index contributed by atoms with van der Waals surface area (Å²) in [5.41, 5.74) is 0.532. The Morgan fingerprint density at radius 3 is 2.53 bits per heavy atom. The second-order valence-electron chi connectivity index (χ2n) is 9.31. The van der Waals surface area contributed by atoms with Crippen molar-refractivity contribution in [2.45, 2.75) is 45.4 Å². The number of likely N-dealkylation sites (tertiary alicyclic amines) is 1. The standard InChI is InChI=1S/C25H32N4O3/c1-25(2,3)22-17-23(28-32-22)27-24(30)26-20-11-12-21(19-10-6-5-9-18(19)20)31-16-15-29-13-7-4-8-14-29/h5-6,9-12,17H,4,7-8,13-16H2,1-3H3,(H2,26,27,28,30). The van der Waals surface area contributed by atoms with Crippen LogP contribution in [0.15, 0.2) is 47.0 Å². The number of nitrogens with one attached hydrogen (secondary N) is 2. The minimum absolute atomic E-state index is 0.177. The molecule has 2 amide bonds. The fourth-order valence-electron chi connectivity index (χ4n) is 3.93. The van der Waals surface area contributed by atoms with E-state index in [4.69, 9.17) is 9.26 Å². The van der Waals surface area contributed by atoms with Gasteiger partial charge in [-0.25, -0.2) is 4.79 Å². The first kappa shape index (κ1) is 22.1. The highest BCUT2D eigenvalue weighted by atomic mass is 16.5. The summed E-state index contributed by atoms with van der Waals surface area (Å²) in [5.74, 6) is 1.92. The van der Waals surface area contributed by atoms with Crippen molar-refractivity contribution in [2.75, 3.05) is 36.9 Å². The van der Waals surface area contributed by atoms with Crippen LogP contribution in [0.25, 0.3) is 10.8 Å². The van der Waals surface area contributed by atoms with Crippen LogP contribution in [-0.2, 0) is 5.41 Å². The average Bonchev–Trinajstić information content (AvgIpc) is 3.25. The molecule has 2 aromatic carbocycles. The van der Waals surface area contributed by atoms with Gasteiger partial charge in [0.2, 0.25) is 0 Å². The van der Waals surface area contributed by atoms with Crippen LogP contribution in [0.1, 0.15) is 45.8 Å². The zero-order chi connectivity index (χ0) is 22.6. The molecule has 0 aliphatic carbocycles. The van der Waals surface area contributed by atoms with E-state index in [-0.39, 0.29) is 11.4 Å². The van der Waals surface area contributed by atoms with Gasteiger partial charge in [-0.3, -0.25) is 10.2 Å². The van der Waals surface area contributed by atoms with Crippen molar-refractivity contribution in [3.8, 4) is 5.75 Å². The lowest BCUT2D eigenvalue weighted by atomic mass is 9.93. The molecule has 1 fully saturated rings. The lowest BCUT2D eigenvalue weighted by molar-refractivity contribution is 0.184. The molecule has 0 bridgehead atoms. The Morgan fingerprint density at radius 2 is 1.81 bits per heavy atom. The first-order valence-corrected chi connectivity index (χ1v) is 11.3. The molecule has 2 N–H and O–H groups in total. The van der Waals surface area contributed by atoms with Crippen LogP contribution in [0.4, 0.5) is 16.3 Å². The van der Waals surface area contributed by atoms with Crippen molar-refractivity contribution < 1.29 is 14.1 Å². The number of benzene rings is 2. The Balaban J connectivity index is 1.42. The van der Waals surface area contributed by atoms with Crippen LogP contribution >= 0.6 is 0 Å². The second-order valence-corrected chi connectivity index (χ2v) is 9.31. The van der Waals surface area contributed by atoms with Crippen molar-refractivity contribution in [3.05, 3.63) is 48.2 Å². The van der Waals surface area contributed by atoms with E-state index in [2.05, 4.69) is 20.7 Å². The molecule has 1 aliphatic rings. The summed E-state index contributed by atoms with van der Waals surface area (Å²) in [4.78, 5) is 15.0. The van der Waals surface area contributed by atoms with Crippen LogP contribution in [0.2, 0.25) is 0 Å². The number of rotatable bonds is 6. The summed E-state index contributed by atoms with van der Waals surface area (Å²) in [7, 11) is 0. The van der Waals surface area contributed by atoms with Crippen LogP contribution in [0.5, 0.6) is 5.75 Å². The minimum Gasteiger partial charge on any atom is -0.492 e. The number of carbonyl (C=O) groups excluding carboxylic acids is 1. The number of hydrogen-bond acceptors (Lipinski definition) is 5. The van der Waals surface area contributed by atoms with Gasteiger partial charge in [0.05, 0.1) is 5.69 Å². The molecule has 1 aromatic heterocycles. The summed E-state index contributed by atoms with van der Waals surface area (Å²) in [6.45, 7) is 9.99. The molecule has 2 heterocycles. The van der Waals surface area contributed by atoms with Crippen molar-refractivity contribution in [2.24, 2.45) is 0 Å². The number of hydrogen-bond donors (Lipinski definition) is 2. The molecule has 0 atom stereocenters. The molecule has 3 aromatic rings.